The minimum Gasteiger partial charge on any atom is -0.490 e. The van der Waals surface area contributed by atoms with E-state index in [1.807, 2.05) is 45.0 Å². The zero-order chi connectivity index (χ0) is 24.7. The van der Waals surface area contributed by atoms with Gasteiger partial charge in [-0.3, -0.25) is 4.79 Å². The van der Waals surface area contributed by atoms with Gasteiger partial charge in [-0.05, 0) is 67.8 Å². The number of benzene rings is 3. The summed E-state index contributed by atoms with van der Waals surface area (Å²) in [7, 11) is 0. The lowest BCUT2D eigenvalue weighted by atomic mass is 10.1. The maximum Gasteiger partial charge on any atom is 0.266 e. The highest BCUT2D eigenvalue weighted by Gasteiger charge is 2.14. The molecular formula is C27H24Cl2N2O3. The van der Waals surface area contributed by atoms with Gasteiger partial charge in [0, 0.05) is 21.3 Å². The maximum atomic E-state index is 12.8. The van der Waals surface area contributed by atoms with Gasteiger partial charge < -0.3 is 14.8 Å². The van der Waals surface area contributed by atoms with E-state index in [0.717, 1.165) is 16.7 Å². The summed E-state index contributed by atoms with van der Waals surface area (Å²) >= 11 is 12.2. The highest BCUT2D eigenvalue weighted by molar-refractivity contribution is 6.35. The van der Waals surface area contributed by atoms with Gasteiger partial charge in [0.2, 0.25) is 0 Å². The number of nitrogens with one attached hydrogen (secondary N) is 1. The molecule has 34 heavy (non-hydrogen) atoms. The molecule has 0 spiro atoms. The molecule has 0 atom stereocenters. The standard InChI is InChI=1S/C27H24Cl2N2O3/c1-4-33-25-13-19(8-11-24(25)34-16-20-9-10-22(28)14-23(20)29)12-21(15-30)27(32)31-26-17(2)6-5-7-18(26)3/h5-14H,4,16H2,1-3H3,(H,31,32)/b21-12-. The number of nitrogens with zero attached hydrogens (tertiary/aromatic N) is 1. The smallest absolute Gasteiger partial charge is 0.266 e. The molecule has 0 saturated heterocycles. The second-order valence-electron chi connectivity index (χ2n) is 7.55. The fourth-order valence-corrected chi connectivity index (χ4v) is 3.77. The molecule has 7 heteroatoms. The first-order chi connectivity index (χ1) is 16.3. The number of ether oxygens (including phenoxy) is 2. The lowest BCUT2D eigenvalue weighted by molar-refractivity contribution is -0.112. The second kappa shape index (κ2) is 11.6. The van der Waals surface area contributed by atoms with Crippen LogP contribution in [0.15, 0.2) is 60.2 Å². The molecule has 3 aromatic rings. The number of carbonyl (C=O) groups is 1. The van der Waals surface area contributed by atoms with Gasteiger partial charge in [0.1, 0.15) is 18.2 Å². The molecule has 3 rings (SSSR count). The number of nitriles is 1. The van der Waals surface area contributed by atoms with Crippen molar-refractivity contribution < 1.29 is 14.3 Å². The molecule has 0 aliphatic rings. The van der Waals surface area contributed by atoms with E-state index in [2.05, 4.69) is 5.32 Å². The lowest BCUT2D eigenvalue weighted by Crippen LogP contribution is -2.15. The SMILES string of the molecule is CCOc1cc(/C=C(/C#N)C(=O)Nc2c(C)cccc2C)ccc1OCc1ccc(Cl)cc1Cl. The molecule has 0 unspecified atom stereocenters. The summed E-state index contributed by atoms with van der Waals surface area (Å²) in [6.07, 6.45) is 1.52. The second-order valence-corrected chi connectivity index (χ2v) is 8.40. The number of anilines is 1. The first kappa shape index (κ1) is 25.2. The average Bonchev–Trinajstić information content (AvgIpc) is 2.80. The Labute approximate surface area is 209 Å². The van der Waals surface area contributed by atoms with Crippen molar-refractivity contribution in [1.29, 1.82) is 5.26 Å². The average molecular weight is 495 g/mol. The number of amides is 1. The molecule has 0 aliphatic carbocycles. The number of para-hydroxylation sites is 1. The van der Waals surface area contributed by atoms with Crippen molar-refractivity contribution in [3.05, 3.63) is 92.5 Å². The van der Waals surface area contributed by atoms with Crippen LogP contribution >= 0.6 is 23.2 Å². The molecule has 174 valence electrons. The van der Waals surface area contributed by atoms with Crippen LogP contribution in [0.25, 0.3) is 6.08 Å². The first-order valence-corrected chi connectivity index (χ1v) is 11.4. The molecule has 0 radical (unpaired) electrons. The van der Waals surface area contributed by atoms with Gasteiger partial charge in [0.25, 0.3) is 5.91 Å². The Balaban J connectivity index is 1.82. The van der Waals surface area contributed by atoms with Gasteiger partial charge >= 0.3 is 0 Å². The van der Waals surface area contributed by atoms with E-state index in [0.29, 0.717) is 39.4 Å². The third-order valence-corrected chi connectivity index (χ3v) is 5.65. The molecule has 5 nitrogen and oxygen atoms in total. The van der Waals surface area contributed by atoms with Crippen molar-refractivity contribution in [3.8, 4) is 17.6 Å². The summed E-state index contributed by atoms with van der Waals surface area (Å²) in [5.41, 5.74) is 3.94. The van der Waals surface area contributed by atoms with Gasteiger partial charge in [0.05, 0.1) is 6.61 Å². The zero-order valence-corrected chi connectivity index (χ0v) is 20.6. The van der Waals surface area contributed by atoms with Crippen molar-refractivity contribution in [2.45, 2.75) is 27.4 Å². The van der Waals surface area contributed by atoms with Gasteiger partial charge in [-0.1, -0.05) is 53.5 Å². The van der Waals surface area contributed by atoms with Crippen LogP contribution in [0, 0.1) is 25.2 Å². The minimum absolute atomic E-state index is 0.0216. The molecule has 0 saturated carbocycles. The summed E-state index contributed by atoms with van der Waals surface area (Å²) in [5, 5.41) is 13.5. The fourth-order valence-electron chi connectivity index (χ4n) is 3.30. The van der Waals surface area contributed by atoms with Gasteiger partial charge in [0.15, 0.2) is 11.5 Å². The van der Waals surface area contributed by atoms with E-state index in [9.17, 15) is 10.1 Å². The molecule has 0 aromatic heterocycles. The van der Waals surface area contributed by atoms with Crippen LogP contribution in [-0.2, 0) is 11.4 Å². The van der Waals surface area contributed by atoms with Crippen molar-refractivity contribution in [2.75, 3.05) is 11.9 Å². The molecule has 0 fully saturated rings. The summed E-state index contributed by atoms with van der Waals surface area (Å²) < 4.78 is 11.6. The van der Waals surface area contributed by atoms with Crippen molar-refractivity contribution in [2.24, 2.45) is 0 Å². The van der Waals surface area contributed by atoms with Gasteiger partial charge in [-0.2, -0.15) is 5.26 Å². The summed E-state index contributed by atoms with van der Waals surface area (Å²) in [4.78, 5) is 12.8. The van der Waals surface area contributed by atoms with Crippen LogP contribution in [0.3, 0.4) is 0 Å². The molecular weight excluding hydrogens is 471 g/mol. The molecule has 0 heterocycles. The van der Waals surface area contributed by atoms with Crippen LogP contribution in [-0.4, -0.2) is 12.5 Å². The van der Waals surface area contributed by atoms with E-state index in [1.165, 1.54) is 6.08 Å². The zero-order valence-electron chi connectivity index (χ0n) is 19.1. The number of hydrogen-bond donors (Lipinski definition) is 1. The maximum absolute atomic E-state index is 12.8. The number of aryl methyl sites for hydroxylation is 2. The molecule has 1 amide bonds. The Morgan fingerprint density at radius 1 is 1.03 bits per heavy atom. The Kier molecular flexibility index (Phi) is 8.59. The van der Waals surface area contributed by atoms with Crippen molar-refractivity contribution >= 4 is 40.9 Å². The largest absolute Gasteiger partial charge is 0.490 e. The van der Waals surface area contributed by atoms with E-state index in [-0.39, 0.29) is 12.2 Å². The predicted octanol–water partition coefficient (Wildman–Crippen LogP) is 7.13. The van der Waals surface area contributed by atoms with E-state index >= 15 is 0 Å². The lowest BCUT2D eigenvalue weighted by Gasteiger charge is -2.14. The van der Waals surface area contributed by atoms with Crippen LogP contribution in [0.1, 0.15) is 29.2 Å². The quantitative estimate of drug-likeness (QED) is 0.267. The number of carbonyl (C=O) groups excluding carboxylic acids is 1. The van der Waals surface area contributed by atoms with E-state index in [4.69, 9.17) is 32.7 Å². The third-order valence-electron chi connectivity index (χ3n) is 5.06. The Bertz CT molecular complexity index is 1260. The topological polar surface area (TPSA) is 71.3 Å². The normalized spacial score (nSPS) is 11.0. The molecule has 0 aliphatic heterocycles. The highest BCUT2D eigenvalue weighted by atomic mass is 35.5. The fraction of sp³-hybridized carbons (Fsp3) is 0.185. The van der Waals surface area contributed by atoms with Crippen LogP contribution < -0.4 is 14.8 Å². The highest BCUT2D eigenvalue weighted by Crippen LogP contribution is 2.31. The van der Waals surface area contributed by atoms with Crippen molar-refractivity contribution in [1.82, 2.24) is 0 Å². The minimum atomic E-state index is -0.476. The van der Waals surface area contributed by atoms with Crippen LogP contribution in [0.5, 0.6) is 11.5 Å². The summed E-state index contributed by atoms with van der Waals surface area (Å²) in [6.45, 7) is 6.32. The monoisotopic (exact) mass is 494 g/mol. The van der Waals surface area contributed by atoms with Gasteiger partial charge in [-0.25, -0.2) is 0 Å². The van der Waals surface area contributed by atoms with Gasteiger partial charge in [-0.15, -0.1) is 0 Å². The Hall–Kier alpha value is -3.46. The van der Waals surface area contributed by atoms with E-state index in [1.54, 1.807) is 36.4 Å². The molecule has 1 N–H and O–H groups in total. The summed E-state index contributed by atoms with van der Waals surface area (Å²) in [5.74, 6) is 0.535. The Morgan fingerprint density at radius 3 is 2.41 bits per heavy atom. The Morgan fingerprint density at radius 2 is 1.76 bits per heavy atom. The summed E-state index contributed by atoms with van der Waals surface area (Å²) in [6, 6.07) is 18.1. The molecule has 3 aromatic carbocycles. The van der Waals surface area contributed by atoms with Crippen LogP contribution in [0.4, 0.5) is 5.69 Å². The number of halogens is 2. The molecule has 0 bridgehead atoms. The van der Waals surface area contributed by atoms with Crippen molar-refractivity contribution in [3.63, 3.8) is 0 Å². The third kappa shape index (κ3) is 6.32. The number of rotatable bonds is 8. The predicted molar refractivity (Wildman–Crippen MR) is 137 cm³/mol. The first-order valence-electron chi connectivity index (χ1n) is 10.6. The number of hydrogen-bond acceptors (Lipinski definition) is 4. The van der Waals surface area contributed by atoms with Crippen LogP contribution in [0.2, 0.25) is 10.0 Å². The van der Waals surface area contributed by atoms with E-state index < -0.39 is 5.91 Å².